The number of ether oxygens (including phenoxy) is 2. The van der Waals surface area contributed by atoms with E-state index in [1.165, 1.54) is 6.08 Å². The lowest BCUT2D eigenvalue weighted by molar-refractivity contribution is -0.144. The first-order valence-corrected chi connectivity index (χ1v) is 8.21. The lowest BCUT2D eigenvalue weighted by Crippen LogP contribution is -2.41. The molecule has 0 bridgehead atoms. The first-order chi connectivity index (χ1) is 11.5. The van der Waals surface area contributed by atoms with Gasteiger partial charge in [0, 0.05) is 19.2 Å². The standard InChI is InChI=1S/C17H18ClNO5/c18-13-8-11(9-14-16(13)24-7-6-23-14)3-4-15(20)19-5-1-2-12(10-19)17(21)22/h3-4,8-9,12H,1-2,5-7,10H2,(H,21,22). The molecule has 1 atom stereocenters. The normalized spacial score (nSPS) is 20.2. The largest absolute Gasteiger partial charge is 0.486 e. The summed E-state index contributed by atoms with van der Waals surface area (Å²) in [6.45, 7) is 1.75. The summed E-state index contributed by atoms with van der Waals surface area (Å²) in [5.41, 5.74) is 0.726. The smallest absolute Gasteiger partial charge is 0.308 e. The van der Waals surface area contributed by atoms with Gasteiger partial charge in [-0.1, -0.05) is 11.6 Å². The molecule has 128 valence electrons. The number of carboxylic acid groups (broad SMARTS) is 1. The summed E-state index contributed by atoms with van der Waals surface area (Å²) < 4.78 is 11.0. The fraction of sp³-hybridized carbons (Fsp3) is 0.412. The van der Waals surface area contributed by atoms with Crippen LogP contribution in [-0.2, 0) is 9.59 Å². The van der Waals surface area contributed by atoms with Gasteiger partial charge in [-0.15, -0.1) is 0 Å². The zero-order valence-electron chi connectivity index (χ0n) is 13.0. The summed E-state index contributed by atoms with van der Waals surface area (Å²) in [5.74, 6) is -0.460. The molecule has 2 aliphatic rings. The highest BCUT2D eigenvalue weighted by Crippen LogP contribution is 2.38. The number of hydrogen-bond acceptors (Lipinski definition) is 4. The Morgan fingerprint density at radius 3 is 2.88 bits per heavy atom. The van der Waals surface area contributed by atoms with E-state index in [-0.39, 0.29) is 12.5 Å². The zero-order valence-corrected chi connectivity index (χ0v) is 13.8. The van der Waals surface area contributed by atoms with Crippen LogP contribution in [0.2, 0.25) is 5.02 Å². The van der Waals surface area contributed by atoms with E-state index in [1.54, 1.807) is 23.1 Å². The molecule has 2 aliphatic heterocycles. The van der Waals surface area contributed by atoms with Crippen LogP contribution in [0.4, 0.5) is 0 Å². The third-order valence-electron chi connectivity index (χ3n) is 4.12. The lowest BCUT2D eigenvalue weighted by atomic mass is 9.98. The van der Waals surface area contributed by atoms with Crippen molar-refractivity contribution in [2.75, 3.05) is 26.3 Å². The lowest BCUT2D eigenvalue weighted by Gasteiger charge is -2.29. The van der Waals surface area contributed by atoms with Crippen LogP contribution in [0.25, 0.3) is 6.08 Å². The maximum atomic E-state index is 12.3. The number of aliphatic carboxylic acids is 1. The van der Waals surface area contributed by atoms with Gasteiger partial charge in [-0.05, 0) is 36.6 Å². The molecule has 2 heterocycles. The van der Waals surface area contributed by atoms with E-state index in [9.17, 15) is 9.59 Å². The molecule has 0 aliphatic carbocycles. The van der Waals surface area contributed by atoms with E-state index in [4.69, 9.17) is 26.2 Å². The molecule has 0 spiro atoms. The number of fused-ring (bicyclic) bond motifs is 1. The van der Waals surface area contributed by atoms with Crippen molar-refractivity contribution in [2.24, 2.45) is 5.92 Å². The topological polar surface area (TPSA) is 76.1 Å². The van der Waals surface area contributed by atoms with Crippen molar-refractivity contribution < 1.29 is 24.2 Å². The minimum Gasteiger partial charge on any atom is -0.486 e. The predicted octanol–water partition coefficient (Wildman–Crippen LogP) is 2.45. The second-order valence-corrected chi connectivity index (χ2v) is 6.23. The van der Waals surface area contributed by atoms with Gasteiger partial charge in [-0.3, -0.25) is 9.59 Å². The van der Waals surface area contributed by atoms with Crippen molar-refractivity contribution >= 4 is 29.6 Å². The van der Waals surface area contributed by atoms with Crippen LogP contribution in [-0.4, -0.2) is 48.2 Å². The second kappa shape index (κ2) is 7.13. The molecule has 1 N–H and O–H groups in total. The van der Waals surface area contributed by atoms with Crippen molar-refractivity contribution in [2.45, 2.75) is 12.8 Å². The van der Waals surface area contributed by atoms with E-state index < -0.39 is 11.9 Å². The molecular formula is C17H18ClNO5. The summed E-state index contributed by atoms with van der Waals surface area (Å²) in [4.78, 5) is 24.9. The third kappa shape index (κ3) is 3.64. The van der Waals surface area contributed by atoms with Crippen LogP contribution >= 0.6 is 11.6 Å². The van der Waals surface area contributed by atoms with Crippen molar-refractivity contribution in [3.05, 3.63) is 28.8 Å². The van der Waals surface area contributed by atoms with Crippen molar-refractivity contribution in [1.82, 2.24) is 4.90 Å². The van der Waals surface area contributed by atoms with Gasteiger partial charge in [0.25, 0.3) is 0 Å². The number of rotatable bonds is 3. The van der Waals surface area contributed by atoms with Crippen LogP contribution in [0.15, 0.2) is 18.2 Å². The summed E-state index contributed by atoms with van der Waals surface area (Å²) in [6.07, 6.45) is 4.40. The minimum absolute atomic E-state index is 0.202. The molecule has 0 saturated carbocycles. The molecule has 1 fully saturated rings. The average Bonchev–Trinajstić information content (AvgIpc) is 2.60. The fourth-order valence-electron chi connectivity index (χ4n) is 2.88. The second-order valence-electron chi connectivity index (χ2n) is 5.82. The zero-order chi connectivity index (χ0) is 17.1. The Kier molecular flexibility index (Phi) is 4.94. The Morgan fingerprint density at radius 2 is 2.08 bits per heavy atom. The van der Waals surface area contributed by atoms with Gasteiger partial charge in [0.05, 0.1) is 10.9 Å². The van der Waals surface area contributed by atoms with E-state index >= 15 is 0 Å². The van der Waals surface area contributed by atoms with Gasteiger partial charge in [0.1, 0.15) is 13.2 Å². The fourth-order valence-corrected chi connectivity index (χ4v) is 3.15. The van der Waals surface area contributed by atoms with Gasteiger partial charge in [-0.2, -0.15) is 0 Å². The molecule has 3 rings (SSSR count). The monoisotopic (exact) mass is 351 g/mol. The summed E-state index contributed by atoms with van der Waals surface area (Å²) in [6, 6.07) is 3.47. The Labute approximate surface area is 144 Å². The van der Waals surface area contributed by atoms with Crippen molar-refractivity contribution in [3.8, 4) is 11.5 Å². The van der Waals surface area contributed by atoms with Crippen LogP contribution in [0.3, 0.4) is 0 Å². The molecular weight excluding hydrogens is 334 g/mol. The Balaban J connectivity index is 1.70. The maximum Gasteiger partial charge on any atom is 0.308 e. The molecule has 7 heteroatoms. The van der Waals surface area contributed by atoms with Gasteiger partial charge < -0.3 is 19.5 Å². The van der Waals surface area contributed by atoms with Gasteiger partial charge >= 0.3 is 5.97 Å². The SMILES string of the molecule is O=C(O)C1CCCN(C(=O)C=Cc2cc(Cl)c3c(c2)OCCO3)C1. The van der Waals surface area contributed by atoms with Crippen LogP contribution < -0.4 is 9.47 Å². The number of piperidine rings is 1. The number of halogens is 1. The number of carbonyl (C=O) groups excluding carboxylic acids is 1. The molecule has 6 nitrogen and oxygen atoms in total. The molecule has 1 aromatic rings. The molecule has 0 aromatic heterocycles. The highest BCUT2D eigenvalue weighted by Gasteiger charge is 2.27. The maximum absolute atomic E-state index is 12.3. The number of nitrogens with zero attached hydrogens (tertiary/aromatic N) is 1. The first-order valence-electron chi connectivity index (χ1n) is 7.83. The number of carbonyl (C=O) groups is 2. The highest BCUT2D eigenvalue weighted by atomic mass is 35.5. The van der Waals surface area contributed by atoms with Crippen molar-refractivity contribution in [3.63, 3.8) is 0 Å². The predicted molar refractivity (Wildman–Crippen MR) is 88.4 cm³/mol. The summed E-state index contributed by atoms with van der Waals surface area (Å²) in [7, 11) is 0. The van der Waals surface area contributed by atoms with Crippen LogP contribution in [0.1, 0.15) is 18.4 Å². The summed E-state index contributed by atoms with van der Waals surface area (Å²) in [5, 5.41) is 9.53. The van der Waals surface area contributed by atoms with Crippen LogP contribution in [0.5, 0.6) is 11.5 Å². The number of carboxylic acids is 1. The van der Waals surface area contributed by atoms with E-state index in [2.05, 4.69) is 0 Å². The Hall–Kier alpha value is -2.21. The van der Waals surface area contributed by atoms with Crippen molar-refractivity contribution in [1.29, 1.82) is 0 Å². The Bertz CT molecular complexity index is 688. The third-order valence-corrected chi connectivity index (χ3v) is 4.40. The van der Waals surface area contributed by atoms with Gasteiger partial charge in [-0.25, -0.2) is 0 Å². The molecule has 24 heavy (non-hydrogen) atoms. The van der Waals surface area contributed by atoms with Crippen LogP contribution in [0, 0.1) is 5.92 Å². The van der Waals surface area contributed by atoms with Gasteiger partial charge in [0.2, 0.25) is 5.91 Å². The molecule has 1 amide bonds. The Morgan fingerprint density at radius 1 is 1.29 bits per heavy atom. The summed E-state index contributed by atoms with van der Waals surface area (Å²) >= 11 is 6.17. The number of amides is 1. The average molecular weight is 352 g/mol. The number of hydrogen-bond donors (Lipinski definition) is 1. The molecule has 1 unspecified atom stereocenters. The molecule has 1 saturated heterocycles. The van der Waals surface area contributed by atoms with E-state index in [1.807, 2.05) is 0 Å². The van der Waals surface area contributed by atoms with E-state index in [0.717, 1.165) is 5.56 Å². The quantitative estimate of drug-likeness (QED) is 0.846. The number of likely N-dealkylation sites (tertiary alicyclic amines) is 1. The first kappa shape index (κ1) is 16.6. The highest BCUT2D eigenvalue weighted by molar-refractivity contribution is 6.32. The van der Waals surface area contributed by atoms with E-state index in [0.29, 0.717) is 49.1 Å². The molecule has 1 aromatic carbocycles. The minimum atomic E-state index is -0.852. The number of benzene rings is 1. The molecule has 0 radical (unpaired) electrons. The van der Waals surface area contributed by atoms with Gasteiger partial charge in [0.15, 0.2) is 11.5 Å².